The fourth-order valence-corrected chi connectivity index (χ4v) is 4.74. The summed E-state index contributed by atoms with van der Waals surface area (Å²) in [6.45, 7) is 1.52. The molecule has 1 fully saturated rings. The van der Waals surface area contributed by atoms with Crippen LogP contribution in [0.5, 0.6) is 0 Å². The first-order valence-electron chi connectivity index (χ1n) is 6.41. The Balaban J connectivity index is 2.05. The average Bonchev–Trinajstić information content (AvgIpc) is 2.89. The van der Waals surface area contributed by atoms with E-state index in [1.165, 1.54) is 15.6 Å². The molecule has 1 aromatic rings. The van der Waals surface area contributed by atoms with Crippen molar-refractivity contribution in [2.45, 2.75) is 36.1 Å². The molecule has 0 bridgehead atoms. The van der Waals surface area contributed by atoms with Crippen LogP contribution in [0.3, 0.4) is 0 Å². The van der Waals surface area contributed by atoms with Crippen LogP contribution in [0.2, 0.25) is 0 Å². The van der Waals surface area contributed by atoms with Gasteiger partial charge < -0.3 is 10.5 Å². The van der Waals surface area contributed by atoms with Crippen molar-refractivity contribution in [1.82, 2.24) is 4.31 Å². The van der Waals surface area contributed by atoms with Gasteiger partial charge in [0.15, 0.2) is 0 Å². The first-order valence-corrected chi connectivity index (χ1v) is 8.66. The molecule has 5 nitrogen and oxygen atoms in total. The molecule has 2 rings (SSSR count). The van der Waals surface area contributed by atoms with E-state index in [0.717, 1.165) is 30.7 Å². The molecule has 1 aromatic heterocycles. The minimum atomic E-state index is -3.41. The van der Waals surface area contributed by atoms with Gasteiger partial charge in [-0.15, -0.1) is 11.3 Å². The van der Waals surface area contributed by atoms with E-state index in [-0.39, 0.29) is 6.10 Å². The van der Waals surface area contributed by atoms with Crippen molar-refractivity contribution in [3.05, 3.63) is 17.0 Å². The van der Waals surface area contributed by atoms with Crippen LogP contribution in [0.25, 0.3) is 0 Å². The predicted octanol–water partition coefficient (Wildman–Crippen LogP) is 1.40. The lowest BCUT2D eigenvalue weighted by Crippen LogP contribution is -2.36. The second-order valence-electron chi connectivity index (χ2n) is 4.70. The molecular formula is C12H20N2O3S2. The summed E-state index contributed by atoms with van der Waals surface area (Å²) in [5.41, 5.74) is 5.51. The molecule has 1 atom stereocenters. The van der Waals surface area contributed by atoms with Crippen LogP contribution in [-0.4, -0.2) is 39.0 Å². The molecule has 0 aliphatic carbocycles. The summed E-state index contributed by atoms with van der Waals surface area (Å²) >= 11 is 1.23. The van der Waals surface area contributed by atoms with Crippen molar-refractivity contribution in [2.75, 3.05) is 20.2 Å². The molecule has 1 aliphatic heterocycles. The van der Waals surface area contributed by atoms with Gasteiger partial charge in [-0.25, -0.2) is 8.42 Å². The summed E-state index contributed by atoms with van der Waals surface area (Å²) in [5, 5.41) is 0. The minimum absolute atomic E-state index is 0.0162. The number of hydrogen-bond donors (Lipinski definition) is 1. The van der Waals surface area contributed by atoms with E-state index in [1.807, 2.05) is 0 Å². The topological polar surface area (TPSA) is 72.6 Å². The molecule has 2 N–H and O–H groups in total. The molecule has 1 aliphatic rings. The molecule has 0 saturated carbocycles. The monoisotopic (exact) mass is 304 g/mol. The molecule has 2 heterocycles. The largest absolute Gasteiger partial charge is 0.377 e. The highest BCUT2D eigenvalue weighted by Crippen LogP contribution is 2.25. The number of ether oxygens (including phenoxy) is 1. The summed E-state index contributed by atoms with van der Waals surface area (Å²) in [7, 11) is -1.81. The van der Waals surface area contributed by atoms with Gasteiger partial charge in [-0.05, 0) is 31.4 Å². The van der Waals surface area contributed by atoms with Crippen molar-refractivity contribution in [1.29, 1.82) is 0 Å². The number of nitrogens with zero attached hydrogens (tertiary/aromatic N) is 1. The molecule has 0 amide bonds. The Morgan fingerprint density at radius 3 is 2.84 bits per heavy atom. The van der Waals surface area contributed by atoms with Gasteiger partial charge in [-0.1, -0.05) is 0 Å². The zero-order valence-corrected chi connectivity index (χ0v) is 12.7. The summed E-state index contributed by atoms with van der Waals surface area (Å²) in [5.74, 6) is 0. The lowest BCUT2D eigenvalue weighted by atomic mass is 10.1. The second kappa shape index (κ2) is 6.32. The Bertz CT molecular complexity index is 507. The first-order chi connectivity index (χ1) is 9.04. The summed E-state index contributed by atoms with van der Waals surface area (Å²) in [6.07, 6.45) is 3.12. The third-order valence-electron chi connectivity index (χ3n) is 3.24. The summed E-state index contributed by atoms with van der Waals surface area (Å²) in [4.78, 5) is 0.876. The highest BCUT2D eigenvalue weighted by molar-refractivity contribution is 7.91. The standard InChI is InChI=1S/C12H20N2O3S2/c1-14(9-10-4-2-3-7-17-10)19(15,16)12-6-5-11(8-13)18-12/h5-6,10H,2-4,7-9,13H2,1H3. The number of thiophene rings is 1. The second-order valence-corrected chi connectivity index (χ2v) is 8.14. The van der Waals surface area contributed by atoms with Crippen LogP contribution in [-0.2, 0) is 21.3 Å². The zero-order chi connectivity index (χ0) is 13.9. The Morgan fingerprint density at radius 2 is 2.26 bits per heavy atom. The van der Waals surface area contributed by atoms with E-state index in [9.17, 15) is 8.42 Å². The lowest BCUT2D eigenvalue weighted by Gasteiger charge is -2.26. The zero-order valence-electron chi connectivity index (χ0n) is 11.0. The smallest absolute Gasteiger partial charge is 0.252 e. The first kappa shape index (κ1) is 14.9. The van der Waals surface area contributed by atoms with Gasteiger partial charge in [0, 0.05) is 31.6 Å². The number of hydrogen-bond acceptors (Lipinski definition) is 5. The minimum Gasteiger partial charge on any atom is -0.377 e. The highest BCUT2D eigenvalue weighted by Gasteiger charge is 2.26. The van der Waals surface area contributed by atoms with Crippen molar-refractivity contribution in [2.24, 2.45) is 5.73 Å². The maximum absolute atomic E-state index is 12.4. The van der Waals surface area contributed by atoms with E-state index < -0.39 is 10.0 Å². The molecule has 7 heteroatoms. The van der Waals surface area contributed by atoms with Gasteiger partial charge >= 0.3 is 0 Å². The van der Waals surface area contributed by atoms with E-state index in [0.29, 0.717) is 17.3 Å². The van der Waals surface area contributed by atoms with Gasteiger partial charge in [-0.3, -0.25) is 0 Å². The van der Waals surface area contributed by atoms with E-state index >= 15 is 0 Å². The van der Waals surface area contributed by atoms with E-state index in [2.05, 4.69) is 0 Å². The van der Waals surface area contributed by atoms with Gasteiger partial charge in [0.1, 0.15) is 4.21 Å². The maximum Gasteiger partial charge on any atom is 0.252 e. The fourth-order valence-electron chi connectivity index (χ4n) is 2.10. The Kier molecular flexibility index (Phi) is 4.97. The van der Waals surface area contributed by atoms with Crippen LogP contribution in [0.1, 0.15) is 24.1 Å². The average molecular weight is 304 g/mol. The van der Waals surface area contributed by atoms with Crippen LogP contribution in [0.4, 0.5) is 0 Å². The van der Waals surface area contributed by atoms with Crippen molar-refractivity contribution < 1.29 is 13.2 Å². The van der Waals surface area contributed by atoms with Gasteiger partial charge in [0.25, 0.3) is 10.0 Å². The van der Waals surface area contributed by atoms with Crippen molar-refractivity contribution in [3.63, 3.8) is 0 Å². The molecule has 1 unspecified atom stereocenters. The fraction of sp³-hybridized carbons (Fsp3) is 0.667. The molecule has 0 aromatic carbocycles. The number of likely N-dealkylation sites (N-methyl/N-ethyl adjacent to an activating group) is 1. The lowest BCUT2D eigenvalue weighted by molar-refractivity contribution is 0.00860. The Labute approximate surface area is 118 Å². The van der Waals surface area contributed by atoms with Gasteiger partial charge in [-0.2, -0.15) is 4.31 Å². The SMILES string of the molecule is CN(CC1CCCCO1)S(=O)(=O)c1ccc(CN)s1. The molecule has 0 radical (unpaired) electrons. The van der Waals surface area contributed by atoms with Crippen molar-refractivity contribution >= 4 is 21.4 Å². The summed E-state index contributed by atoms with van der Waals surface area (Å²) in [6, 6.07) is 3.39. The molecule has 108 valence electrons. The molecule has 0 spiro atoms. The third-order valence-corrected chi connectivity index (χ3v) is 6.64. The van der Waals surface area contributed by atoms with Crippen LogP contribution in [0, 0.1) is 0 Å². The maximum atomic E-state index is 12.4. The van der Waals surface area contributed by atoms with E-state index in [1.54, 1.807) is 19.2 Å². The van der Waals surface area contributed by atoms with Crippen molar-refractivity contribution in [3.8, 4) is 0 Å². The van der Waals surface area contributed by atoms with Crippen LogP contribution >= 0.6 is 11.3 Å². The normalized spacial score (nSPS) is 20.9. The Hall–Kier alpha value is -0.470. The van der Waals surface area contributed by atoms with Crippen LogP contribution < -0.4 is 5.73 Å². The predicted molar refractivity (Wildman–Crippen MR) is 75.6 cm³/mol. The quantitative estimate of drug-likeness (QED) is 0.892. The molecule has 1 saturated heterocycles. The summed E-state index contributed by atoms with van der Waals surface area (Å²) < 4.78 is 32.1. The molecular weight excluding hydrogens is 284 g/mol. The third kappa shape index (κ3) is 3.55. The highest BCUT2D eigenvalue weighted by atomic mass is 32.2. The van der Waals surface area contributed by atoms with E-state index in [4.69, 9.17) is 10.5 Å². The van der Waals surface area contributed by atoms with Crippen LogP contribution in [0.15, 0.2) is 16.3 Å². The van der Waals surface area contributed by atoms with Gasteiger partial charge in [0.2, 0.25) is 0 Å². The number of sulfonamides is 1. The Morgan fingerprint density at radius 1 is 1.47 bits per heavy atom. The number of nitrogens with two attached hydrogens (primary N) is 1. The number of rotatable bonds is 5. The molecule has 19 heavy (non-hydrogen) atoms. The van der Waals surface area contributed by atoms with Gasteiger partial charge in [0.05, 0.1) is 6.10 Å².